The first-order chi connectivity index (χ1) is 25.1. The SMILES string of the molecule is CC1(C)c2ccccc2C2(c3ccccc3-c3ccccc32)c2cc(-c3ccc(N(c4ccccc4)c4cccc5ccccc45)cc3)ccc21. The third kappa shape index (κ3) is 4.22. The maximum atomic E-state index is 2.50. The van der Waals surface area contributed by atoms with E-state index >= 15 is 0 Å². The molecule has 0 fully saturated rings. The zero-order valence-corrected chi connectivity index (χ0v) is 28.8. The molecule has 2 aliphatic carbocycles. The molecule has 10 rings (SSSR count). The molecule has 0 amide bonds. The Morgan fingerprint density at radius 1 is 0.373 bits per heavy atom. The second kappa shape index (κ2) is 11.2. The van der Waals surface area contributed by atoms with E-state index < -0.39 is 5.41 Å². The van der Waals surface area contributed by atoms with E-state index in [0.29, 0.717) is 0 Å². The first-order valence-corrected chi connectivity index (χ1v) is 17.9. The molecule has 0 unspecified atom stereocenters. The van der Waals surface area contributed by atoms with Crippen LogP contribution in [-0.2, 0) is 10.8 Å². The van der Waals surface area contributed by atoms with E-state index in [1.807, 2.05) is 0 Å². The van der Waals surface area contributed by atoms with Crippen molar-refractivity contribution >= 4 is 27.8 Å². The van der Waals surface area contributed by atoms with E-state index in [0.717, 1.165) is 11.4 Å². The van der Waals surface area contributed by atoms with Gasteiger partial charge in [-0.1, -0.05) is 166 Å². The van der Waals surface area contributed by atoms with Gasteiger partial charge in [-0.15, -0.1) is 0 Å². The molecule has 1 nitrogen and oxygen atoms in total. The lowest BCUT2D eigenvalue weighted by atomic mass is 9.55. The van der Waals surface area contributed by atoms with Crippen molar-refractivity contribution in [1.29, 1.82) is 0 Å². The topological polar surface area (TPSA) is 3.24 Å². The number of hydrogen-bond acceptors (Lipinski definition) is 1. The van der Waals surface area contributed by atoms with Crippen molar-refractivity contribution < 1.29 is 0 Å². The number of benzene rings is 8. The minimum Gasteiger partial charge on any atom is -0.310 e. The zero-order chi connectivity index (χ0) is 34.2. The molecule has 0 aromatic heterocycles. The Labute approximate surface area is 300 Å². The molecule has 8 aromatic carbocycles. The van der Waals surface area contributed by atoms with Crippen molar-refractivity contribution in [2.24, 2.45) is 0 Å². The summed E-state index contributed by atoms with van der Waals surface area (Å²) in [6.45, 7) is 4.79. The Morgan fingerprint density at radius 3 is 1.63 bits per heavy atom. The van der Waals surface area contributed by atoms with Gasteiger partial charge in [-0.2, -0.15) is 0 Å². The molecule has 0 atom stereocenters. The maximum Gasteiger partial charge on any atom is 0.0719 e. The Kier molecular flexibility index (Phi) is 6.51. The highest BCUT2D eigenvalue weighted by atomic mass is 15.1. The van der Waals surface area contributed by atoms with Crippen LogP contribution in [0.1, 0.15) is 47.2 Å². The van der Waals surface area contributed by atoms with Gasteiger partial charge in [0.2, 0.25) is 0 Å². The van der Waals surface area contributed by atoms with Crippen LogP contribution in [0.3, 0.4) is 0 Å². The largest absolute Gasteiger partial charge is 0.310 e. The number of fused-ring (bicyclic) bond motifs is 10. The number of anilines is 3. The first-order valence-electron chi connectivity index (χ1n) is 17.9. The molecule has 2 aliphatic rings. The highest BCUT2D eigenvalue weighted by Crippen LogP contribution is 2.62. The summed E-state index contributed by atoms with van der Waals surface area (Å²) in [5.41, 5.74) is 16.3. The zero-order valence-electron chi connectivity index (χ0n) is 28.8. The Balaban J connectivity index is 1.16. The number of nitrogens with zero attached hydrogens (tertiary/aromatic N) is 1. The molecule has 1 heteroatoms. The summed E-state index contributed by atoms with van der Waals surface area (Å²) in [5.74, 6) is 0. The van der Waals surface area contributed by atoms with Crippen LogP contribution < -0.4 is 4.90 Å². The average molecular weight is 652 g/mol. The molecule has 0 saturated carbocycles. The van der Waals surface area contributed by atoms with E-state index in [2.05, 4.69) is 207 Å². The summed E-state index contributed by atoms with van der Waals surface area (Å²) < 4.78 is 0. The van der Waals surface area contributed by atoms with Gasteiger partial charge in [0.25, 0.3) is 0 Å². The Hall–Kier alpha value is -6.18. The number of para-hydroxylation sites is 1. The molecule has 0 heterocycles. The normalized spacial score (nSPS) is 14.4. The van der Waals surface area contributed by atoms with Gasteiger partial charge in [-0.05, 0) is 97.4 Å². The van der Waals surface area contributed by atoms with Gasteiger partial charge < -0.3 is 4.90 Å². The van der Waals surface area contributed by atoms with E-state index in [4.69, 9.17) is 0 Å². The molecule has 0 aliphatic heterocycles. The predicted molar refractivity (Wildman–Crippen MR) is 213 cm³/mol. The van der Waals surface area contributed by atoms with Crippen LogP contribution in [0.15, 0.2) is 188 Å². The second-order valence-corrected chi connectivity index (χ2v) is 14.5. The lowest BCUT2D eigenvalue weighted by Crippen LogP contribution is -2.40. The molecular weight excluding hydrogens is 615 g/mol. The van der Waals surface area contributed by atoms with Gasteiger partial charge in [0.1, 0.15) is 0 Å². The molecule has 0 N–H and O–H groups in total. The van der Waals surface area contributed by atoms with Gasteiger partial charge in [0.05, 0.1) is 11.1 Å². The quantitative estimate of drug-likeness (QED) is 0.183. The molecule has 0 radical (unpaired) electrons. The van der Waals surface area contributed by atoms with E-state index in [1.165, 1.54) is 72.1 Å². The molecule has 0 saturated heterocycles. The Morgan fingerprint density at radius 2 is 0.902 bits per heavy atom. The van der Waals surface area contributed by atoms with Crippen LogP contribution in [-0.4, -0.2) is 0 Å². The fourth-order valence-electron chi connectivity index (χ4n) is 9.25. The molecular formula is C50H37N. The van der Waals surface area contributed by atoms with Gasteiger partial charge in [0.15, 0.2) is 0 Å². The second-order valence-electron chi connectivity index (χ2n) is 14.5. The summed E-state index contributed by atoms with van der Waals surface area (Å²) in [7, 11) is 0. The molecule has 0 bridgehead atoms. The minimum atomic E-state index is -0.400. The van der Waals surface area contributed by atoms with Gasteiger partial charge in [-0.3, -0.25) is 0 Å². The van der Waals surface area contributed by atoms with Crippen molar-refractivity contribution in [3.05, 3.63) is 221 Å². The predicted octanol–water partition coefficient (Wildman–Crippen LogP) is 13.0. The smallest absolute Gasteiger partial charge is 0.0719 e. The third-order valence-electron chi connectivity index (χ3n) is 11.5. The molecule has 51 heavy (non-hydrogen) atoms. The lowest BCUT2D eigenvalue weighted by Gasteiger charge is -2.46. The van der Waals surface area contributed by atoms with Crippen molar-refractivity contribution in [3.63, 3.8) is 0 Å². The van der Waals surface area contributed by atoms with E-state index in [-0.39, 0.29) is 5.41 Å². The molecule has 8 aromatic rings. The summed E-state index contributed by atoms with van der Waals surface area (Å²) in [6.07, 6.45) is 0. The summed E-state index contributed by atoms with van der Waals surface area (Å²) in [5, 5.41) is 2.46. The van der Waals surface area contributed by atoms with Gasteiger partial charge in [-0.25, -0.2) is 0 Å². The first kappa shape index (κ1) is 29.7. The fraction of sp³-hybridized carbons (Fsp3) is 0.0800. The van der Waals surface area contributed by atoms with E-state index in [1.54, 1.807) is 0 Å². The van der Waals surface area contributed by atoms with Crippen LogP contribution in [0, 0.1) is 0 Å². The number of rotatable bonds is 4. The molecule has 1 spiro atoms. The van der Waals surface area contributed by atoms with Crippen LogP contribution in [0.2, 0.25) is 0 Å². The van der Waals surface area contributed by atoms with Gasteiger partial charge in [0, 0.05) is 22.2 Å². The Bertz CT molecular complexity index is 2560. The van der Waals surface area contributed by atoms with Crippen molar-refractivity contribution in [1.82, 2.24) is 0 Å². The highest BCUT2D eigenvalue weighted by molar-refractivity contribution is 5.99. The maximum absolute atomic E-state index is 2.50. The highest BCUT2D eigenvalue weighted by Gasteiger charge is 2.53. The monoisotopic (exact) mass is 651 g/mol. The molecule has 242 valence electrons. The number of hydrogen-bond donors (Lipinski definition) is 0. The van der Waals surface area contributed by atoms with Crippen molar-refractivity contribution in [3.8, 4) is 22.3 Å². The fourth-order valence-corrected chi connectivity index (χ4v) is 9.25. The lowest BCUT2D eigenvalue weighted by molar-refractivity contribution is 0.563. The van der Waals surface area contributed by atoms with Gasteiger partial charge >= 0.3 is 0 Å². The van der Waals surface area contributed by atoms with Crippen molar-refractivity contribution in [2.75, 3.05) is 4.90 Å². The van der Waals surface area contributed by atoms with Crippen LogP contribution in [0.25, 0.3) is 33.0 Å². The standard InChI is InChI=1S/C50H37N/c1-49(2)44-24-12-13-25-46(44)50(42-22-10-8-20-40(42)41-21-9-11-23-43(41)50)47-33-36(29-32-45(47)49)34-27-30-38(31-28-34)51(37-17-4-3-5-18-37)48-26-14-16-35-15-6-7-19-39(35)48/h3-33H,1-2H3. The summed E-state index contributed by atoms with van der Waals surface area (Å²) in [6, 6.07) is 69.6. The van der Waals surface area contributed by atoms with Crippen molar-refractivity contribution in [2.45, 2.75) is 24.7 Å². The minimum absolute atomic E-state index is 0.152. The average Bonchev–Trinajstić information content (AvgIpc) is 3.49. The third-order valence-corrected chi connectivity index (χ3v) is 11.5. The summed E-state index contributed by atoms with van der Waals surface area (Å²) >= 11 is 0. The van der Waals surface area contributed by atoms with Crippen LogP contribution >= 0.6 is 0 Å². The van der Waals surface area contributed by atoms with E-state index in [9.17, 15) is 0 Å². The summed E-state index contributed by atoms with van der Waals surface area (Å²) in [4.78, 5) is 2.37. The van der Waals surface area contributed by atoms with Crippen LogP contribution in [0.5, 0.6) is 0 Å². The van der Waals surface area contributed by atoms with Crippen LogP contribution in [0.4, 0.5) is 17.1 Å².